The summed E-state index contributed by atoms with van der Waals surface area (Å²) in [6.07, 6.45) is 17.8. The van der Waals surface area contributed by atoms with Crippen LogP contribution in [0, 0.1) is 40.4 Å². The number of fused-ring (bicyclic) bond motifs is 5. The smallest absolute Gasteiger partial charge is 0.123 e. The van der Waals surface area contributed by atoms with Crippen LogP contribution in [0.1, 0.15) is 65.7 Å². The van der Waals surface area contributed by atoms with Crippen LogP contribution in [0.3, 0.4) is 0 Å². The maximum absolute atomic E-state index is 11.4. The summed E-state index contributed by atoms with van der Waals surface area (Å²) in [5.74, 6) is 3.43. The van der Waals surface area contributed by atoms with Gasteiger partial charge in [0, 0.05) is 11.3 Å². The molecule has 7 atom stereocenters. The second kappa shape index (κ2) is 5.33. The Morgan fingerprint density at radius 1 is 1.17 bits per heavy atom. The van der Waals surface area contributed by atoms with Gasteiger partial charge >= 0.3 is 0 Å². The fourth-order valence-electron chi connectivity index (χ4n) is 7.34. The number of carbonyl (C=O) groups excluding carboxylic acids is 1. The highest BCUT2D eigenvalue weighted by Gasteiger charge is 2.58. The van der Waals surface area contributed by atoms with Gasteiger partial charge in [0.15, 0.2) is 0 Å². The van der Waals surface area contributed by atoms with Crippen LogP contribution in [-0.4, -0.2) is 6.29 Å². The SMILES string of the molecule is CC(C=O)[C@H]1CC[C@H]2[C@@H]3CCC4=CCC=C[C@]4(C)[C@H]3CC[C@]12C. The lowest BCUT2D eigenvalue weighted by Crippen LogP contribution is -2.49. The van der Waals surface area contributed by atoms with Crippen LogP contribution in [0.15, 0.2) is 23.8 Å². The van der Waals surface area contributed by atoms with E-state index in [1.807, 2.05) is 0 Å². The van der Waals surface area contributed by atoms with Crippen molar-refractivity contribution in [1.29, 1.82) is 0 Å². The third-order valence-corrected chi connectivity index (χ3v) is 8.53. The summed E-state index contributed by atoms with van der Waals surface area (Å²) in [7, 11) is 0. The molecule has 3 fully saturated rings. The van der Waals surface area contributed by atoms with Crippen LogP contribution in [0.5, 0.6) is 0 Å². The number of aldehydes is 1. The molecule has 0 bridgehead atoms. The molecule has 4 aliphatic carbocycles. The van der Waals surface area contributed by atoms with Gasteiger partial charge in [0.25, 0.3) is 0 Å². The van der Waals surface area contributed by atoms with Gasteiger partial charge in [-0.3, -0.25) is 0 Å². The molecule has 3 saturated carbocycles. The highest BCUT2D eigenvalue weighted by atomic mass is 16.1. The third kappa shape index (κ3) is 2.07. The summed E-state index contributed by atoms with van der Waals surface area (Å²) >= 11 is 0. The molecule has 0 spiro atoms. The fraction of sp³-hybridized carbons (Fsp3) is 0.773. The first-order valence-corrected chi connectivity index (χ1v) is 9.83. The molecule has 0 aromatic carbocycles. The summed E-state index contributed by atoms with van der Waals surface area (Å²) < 4.78 is 0. The highest BCUT2D eigenvalue weighted by molar-refractivity contribution is 5.53. The zero-order valence-corrected chi connectivity index (χ0v) is 15.1. The quantitative estimate of drug-likeness (QED) is 0.481. The van der Waals surface area contributed by atoms with E-state index >= 15 is 0 Å². The molecular formula is C22H32O. The van der Waals surface area contributed by atoms with Crippen molar-refractivity contribution in [2.24, 2.45) is 40.4 Å². The molecule has 0 N–H and O–H groups in total. The van der Waals surface area contributed by atoms with E-state index in [0.717, 1.165) is 24.2 Å². The van der Waals surface area contributed by atoms with Crippen LogP contribution in [0.25, 0.3) is 0 Å². The molecule has 1 unspecified atom stereocenters. The molecule has 1 nitrogen and oxygen atoms in total. The zero-order chi connectivity index (χ0) is 16.2. The summed E-state index contributed by atoms with van der Waals surface area (Å²) in [6.45, 7) is 7.19. The predicted octanol–water partition coefficient (Wildman–Crippen LogP) is 5.57. The molecule has 23 heavy (non-hydrogen) atoms. The largest absolute Gasteiger partial charge is 0.303 e. The Hall–Kier alpha value is -0.850. The maximum Gasteiger partial charge on any atom is 0.123 e. The first-order valence-electron chi connectivity index (χ1n) is 9.83. The molecule has 0 aromatic rings. The Labute approximate surface area is 141 Å². The van der Waals surface area contributed by atoms with Crippen LogP contribution >= 0.6 is 0 Å². The lowest BCUT2D eigenvalue weighted by Gasteiger charge is -2.57. The summed E-state index contributed by atoms with van der Waals surface area (Å²) in [5.41, 5.74) is 2.47. The van der Waals surface area contributed by atoms with Crippen molar-refractivity contribution in [2.45, 2.75) is 65.7 Å². The minimum atomic E-state index is 0.241. The van der Waals surface area contributed by atoms with Crippen LogP contribution < -0.4 is 0 Å². The van der Waals surface area contributed by atoms with E-state index in [4.69, 9.17) is 0 Å². The molecule has 0 saturated heterocycles. The van der Waals surface area contributed by atoms with Gasteiger partial charge in [0.05, 0.1) is 0 Å². The van der Waals surface area contributed by atoms with Gasteiger partial charge in [-0.25, -0.2) is 0 Å². The lowest BCUT2D eigenvalue weighted by atomic mass is 9.47. The van der Waals surface area contributed by atoms with Crippen molar-refractivity contribution in [3.63, 3.8) is 0 Å². The Balaban J connectivity index is 1.65. The van der Waals surface area contributed by atoms with E-state index in [9.17, 15) is 4.79 Å². The topological polar surface area (TPSA) is 17.1 Å². The van der Waals surface area contributed by atoms with Gasteiger partial charge in [-0.05, 0) is 74.0 Å². The number of hydrogen-bond donors (Lipinski definition) is 0. The molecule has 126 valence electrons. The van der Waals surface area contributed by atoms with Crippen molar-refractivity contribution in [2.75, 3.05) is 0 Å². The van der Waals surface area contributed by atoms with Gasteiger partial charge in [0.2, 0.25) is 0 Å². The third-order valence-electron chi connectivity index (χ3n) is 8.53. The summed E-state index contributed by atoms with van der Waals surface area (Å²) in [6, 6.07) is 0. The van der Waals surface area contributed by atoms with E-state index in [1.165, 1.54) is 44.8 Å². The second-order valence-corrected chi connectivity index (χ2v) is 9.29. The van der Waals surface area contributed by atoms with Gasteiger partial charge in [0.1, 0.15) is 6.29 Å². The standard InChI is InChI=1S/C22H32O/c1-15(14-23)18-9-10-19-17-8-7-16-6-4-5-12-21(16,2)20(17)11-13-22(18,19)3/h5-6,12,14-15,17-20H,4,7-11,13H2,1-3H3/t15?,17-,18+,19-,20-,21-,22+/m0/s1. The number of carbonyl (C=O) groups is 1. The van der Waals surface area contributed by atoms with Crippen LogP contribution in [0.2, 0.25) is 0 Å². The van der Waals surface area contributed by atoms with Gasteiger partial charge in [-0.2, -0.15) is 0 Å². The van der Waals surface area contributed by atoms with Crippen molar-refractivity contribution in [3.05, 3.63) is 23.8 Å². The number of hydrogen-bond acceptors (Lipinski definition) is 1. The van der Waals surface area contributed by atoms with Gasteiger partial charge in [-0.15, -0.1) is 0 Å². The van der Waals surface area contributed by atoms with Crippen LogP contribution in [0.4, 0.5) is 0 Å². The number of rotatable bonds is 2. The molecule has 4 rings (SSSR count). The molecule has 0 heterocycles. The summed E-state index contributed by atoms with van der Waals surface area (Å²) in [4.78, 5) is 11.4. The molecule has 1 heteroatoms. The number of allylic oxidation sites excluding steroid dienone is 4. The summed E-state index contributed by atoms with van der Waals surface area (Å²) in [5, 5.41) is 0. The monoisotopic (exact) mass is 312 g/mol. The van der Waals surface area contributed by atoms with E-state index in [0.29, 0.717) is 16.7 Å². The Morgan fingerprint density at radius 3 is 2.78 bits per heavy atom. The van der Waals surface area contributed by atoms with Crippen LogP contribution in [-0.2, 0) is 4.79 Å². The van der Waals surface area contributed by atoms with E-state index in [-0.39, 0.29) is 5.92 Å². The molecule has 0 amide bonds. The maximum atomic E-state index is 11.4. The van der Waals surface area contributed by atoms with Gasteiger partial charge < -0.3 is 4.79 Å². The molecule has 0 radical (unpaired) electrons. The van der Waals surface area contributed by atoms with Crippen molar-refractivity contribution in [3.8, 4) is 0 Å². The fourth-order valence-corrected chi connectivity index (χ4v) is 7.34. The molecular weight excluding hydrogens is 280 g/mol. The average molecular weight is 312 g/mol. The second-order valence-electron chi connectivity index (χ2n) is 9.29. The molecule has 0 aliphatic heterocycles. The first kappa shape index (κ1) is 15.7. The Kier molecular flexibility index (Phi) is 3.63. The van der Waals surface area contributed by atoms with E-state index in [1.54, 1.807) is 5.57 Å². The van der Waals surface area contributed by atoms with Gasteiger partial charge in [-0.1, -0.05) is 44.6 Å². The molecule has 4 aliphatic rings. The van der Waals surface area contributed by atoms with Crippen molar-refractivity contribution in [1.82, 2.24) is 0 Å². The Bertz CT molecular complexity index is 558. The molecule has 0 aromatic heterocycles. The van der Waals surface area contributed by atoms with Crippen molar-refractivity contribution >= 4 is 6.29 Å². The van der Waals surface area contributed by atoms with Crippen molar-refractivity contribution < 1.29 is 4.79 Å². The Morgan fingerprint density at radius 2 is 2.00 bits per heavy atom. The minimum absolute atomic E-state index is 0.241. The first-order chi connectivity index (χ1) is 11.0. The zero-order valence-electron chi connectivity index (χ0n) is 15.1. The van der Waals surface area contributed by atoms with E-state index < -0.39 is 0 Å². The lowest BCUT2D eigenvalue weighted by molar-refractivity contribution is -0.115. The van der Waals surface area contributed by atoms with E-state index in [2.05, 4.69) is 39.0 Å². The minimum Gasteiger partial charge on any atom is -0.303 e. The normalized spacial score (nSPS) is 49.6. The average Bonchev–Trinajstić information content (AvgIpc) is 2.91. The predicted molar refractivity (Wildman–Crippen MR) is 94.9 cm³/mol. The highest BCUT2D eigenvalue weighted by Crippen LogP contribution is 2.66.